The molecule has 0 atom stereocenters. The van der Waals surface area contributed by atoms with Gasteiger partial charge in [-0.3, -0.25) is 14.6 Å². The Balaban J connectivity index is 1.11. The number of benzene rings is 1. The van der Waals surface area contributed by atoms with Crippen molar-refractivity contribution in [1.82, 2.24) is 25.5 Å². The number of aromatic nitrogens is 4. The van der Waals surface area contributed by atoms with E-state index in [2.05, 4.69) is 25.5 Å². The zero-order valence-electron chi connectivity index (χ0n) is 16.1. The van der Waals surface area contributed by atoms with Crippen LogP contribution in [0.3, 0.4) is 0 Å². The van der Waals surface area contributed by atoms with Gasteiger partial charge in [0.05, 0.1) is 16.0 Å². The van der Waals surface area contributed by atoms with E-state index < -0.39 is 0 Å². The Morgan fingerprint density at radius 3 is 2.67 bits per heavy atom. The predicted molar refractivity (Wildman–Crippen MR) is 115 cm³/mol. The molecule has 2 N–H and O–H groups in total. The van der Waals surface area contributed by atoms with E-state index in [1.807, 2.05) is 30.3 Å². The summed E-state index contributed by atoms with van der Waals surface area (Å²) in [6.07, 6.45) is 7.39. The second-order valence-electron chi connectivity index (χ2n) is 8.52. The van der Waals surface area contributed by atoms with E-state index in [-0.39, 0.29) is 17.5 Å². The maximum absolute atomic E-state index is 12.6. The Morgan fingerprint density at radius 1 is 1.10 bits per heavy atom. The smallest absolute Gasteiger partial charge is 0.272 e. The maximum Gasteiger partial charge on any atom is 0.272 e. The van der Waals surface area contributed by atoms with Gasteiger partial charge in [-0.05, 0) is 43.2 Å². The number of carbonyl (C=O) groups excluding carboxylic acids is 1. The summed E-state index contributed by atoms with van der Waals surface area (Å²) in [4.78, 5) is 34.6. The number of hydrogen-bond acceptors (Lipinski definition) is 6. The van der Waals surface area contributed by atoms with Crippen LogP contribution in [0.1, 0.15) is 47.0 Å². The van der Waals surface area contributed by atoms with Crippen LogP contribution in [0.4, 0.5) is 0 Å². The highest BCUT2D eigenvalue weighted by Crippen LogP contribution is 2.62. The molecule has 4 aromatic rings. The number of fused-ring (bicyclic) bond motifs is 2. The van der Waals surface area contributed by atoms with Gasteiger partial charge in [-0.15, -0.1) is 11.3 Å². The fourth-order valence-electron chi connectivity index (χ4n) is 5.19. The fourth-order valence-corrected chi connectivity index (χ4v) is 6.05. The van der Waals surface area contributed by atoms with Crippen LogP contribution in [0.5, 0.6) is 0 Å². The molecule has 7 nitrogen and oxygen atoms in total. The van der Waals surface area contributed by atoms with Crippen molar-refractivity contribution in [1.29, 1.82) is 0 Å². The highest BCUT2D eigenvalue weighted by atomic mass is 32.1. The number of nitrogens with zero attached hydrogens (tertiary/aromatic N) is 3. The highest BCUT2D eigenvalue weighted by molar-refractivity contribution is 7.20. The van der Waals surface area contributed by atoms with Gasteiger partial charge in [0.2, 0.25) is 0 Å². The first-order valence-electron chi connectivity index (χ1n) is 10.1. The fraction of sp³-hybridized carbons (Fsp3) is 0.318. The van der Waals surface area contributed by atoms with Crippen LogP contribution < -0.4 is 10.9 Å². The molecule has 3 heterocycles. The lowest BCUT2D eigenvalue weighted by molar-refractivity contribution is -0.0196. The average molecular weight is 417 g/mol. The quantitative estimate of drug-likeness (QED) is 0.532. The van der Waals surface area contributed by atoms with Crippen molar-refractivity contribution in [3.05, 3.63) is 63.7 Å². The number of hydrogen-bond donors (Lipinski definition) is 2. The monoisotopic (exact) mass is 417 g/mol. The normalized spacial score (nSPS) is 25.2. The maximum atomic E-state index is 12.6. The summed E-state index contributed by atoms with van der Waals surface area (Å²) in [5.74, 6) is 0.326. The average Bonchev–Trinajstić information content (AvgIpc) is 3.14. The molecule has 2 saturated carbocycles. The SMILES string of the molecule is O=C(N[C@H]1CC2(C1)C[C@H](c1n[nH]c(=O)c3ccccc31)C2)c1cc2nccnc2s1. The molecule has 2 fully saturated rings. The molecule has 2 aliphatic carbocycles. The molecular weight excluding hydrogens is 398 g/mol. The number of rotatable bonds is 3. The summed E-state index contributed by atoms with van der Waals surface area (Å²) >= 11 is 1.38. The highest BCUT2D eigenvalue weighted by Gasteiger charge is 2.54. The summed E-state index contributed by atoms with van der Waals surface area (Å²) in [6.45, 7) is 0. The van der Waals surface area contributed by atoms with Crippen LogP contribution in [-0.4, -0.2) is 32.1 Å². The molecule has 0 saturated heterocycles. The van der Waals surface area contributed by atoms with Gasteiger partial charge in [-0.2, -0.15) is 5.10 Å². The standard InChI is InChI=1S/C22H19N5O2S/c28-19-15-4-2-1-3-14(15)18(26-27-19)12-8-22(9-12)10-13(11-22)25-20(29)17-7-16-21(30-17)24-6-5-23-16/h1-7,12-13H,8-11H2,(H,25,29)(H,27,28)/t12-,13-,22?. The van der Waals surface area contributed by atoms with Crippen LogP contribution in [0, 0.1) is 5.41 Å². The molecule has 2 aliphatic rings. The summed E-state index contributed by atoms with van der Waals surface area (Å²) in [5, 5.41) is 11.8. The first-order chi connectivity index (χ1) is 14.6. The Hall–Kier alpha value is -3.13. The molecule has 0 aliphatic heterocycles. The zero-order valence-corrected chi connectivity index (χ0v) is 16.9. The Labute approximate surface area is 175 Å². The van der Waals surface area contributed by atoms with E-state index in [0.29, 0.717) is 21.6 Å². The third kappa shape index (κ3) is 2.74. The van der Waals surface area contributed by atoms with Crippen molar-refractivity contribution in [3.8, 4) is 0 Å². The van der Waals surface area contributed by atoms with Gasteiger partial charge in [-0.25, -0.2) is 10.1 Å². The van der Waals surface area contributed by atoms with Gasteiger partial charge in [0, 0.05) is 29.7 Å². The van der Waals surface area contributed by atoms with Gasteiger partial charge in [-0.1, -0.05) is 18.2 Å². The van der Waals surface area contributed by atoms with Crippen LogP contribution in [0.15, 0.2) is 47.5 Å². The summed E-state index contributed by atoms with van der Waals surface area (Å²) in [7, 11) is 0. The largest absolute Gasteiger partial charge is 0.349 e. The Kier molecular flexibility index (Phi) is 3.80. The minimum atomic E-state index is -0.138. The number of amides is 1. The number of H-pyrrole nitrogens is 1. The second-order valence-corrected chi connectivity index (χ2v) is 9.56. The molecule has 0 radical (unpaired) electrons. The van der Waals surface area contributed by atoms with E-state index in [0.717, 1.165) is 47.1 Å². The van der Waals surface area contributed by atoms with Crippen molar-refractivity contribution in [2.75, 3.05) is 0 Å². The molecule has 1 aromatic carbocycles. The van der Waals surface area contributed by atoms with Gasteiger partial charge < -0.3 is 5.32 Å². The number of carbonyl (C=O) groups is 1. The third-order valence-electron chi connectivity index (χ3n) is 6.55. The van der Waals surface area contributed by atoms with Crippen molar-refractivity contribution < 1.29 is 4.79 Å². The summed E-state index contributed by atoms with van der Waals surface area (Å²) < 4.78 is 0. The molecular formula is C22H19N5O2S. The van der Waals surface area contributed by atoms with E-state index in [1.54, 1.807) is 12.4 Å². The topological polar surface area (TPSA) is 101 Å². The number of thiophene rings is 1. The molecule has 150 valence electrons. The van der Waals surface area contributed by atoms with E-state index >= 15 is 0 Å². The zero-order chi connectivity index (χ0) is 20.3. The second kappa shape index (κ2) is 6.43. The first-order valence-corrected chi connectivity index (χ1v) is 10.9. The van der Waals surface area contributed by atoms with Crippen molar-refractivity contribution >= 4 is 38.4 Å². The van der Waals surface area contributed by atoms with Crippen LogP contribution in [0.2, 0.25) is 0 Å². The molecule has 0 unspecified atom stereocenters. The molecule has 0 bridgehead atoms. The van der Waals surface area contributed by atoms with Gasteiger partial charge in [0.1, 0.15) is 10.3 Å². The number of nitrogens with one attached hydrogen (secondary N) is 2. The van der Waals surface area contributed by atoms with Crippen molar-refractivity contribution in [2.45, 2.75) is 37.6 Å². The minimum absolute atomic E-state index is 0.0381. The van der Waals surface area contributed by atoms with Crippen LogP contribution >= 0.6 is 11.3 Å². The van der Waals surface area contributed by atoms with E-state index in [9.17, 15) is 9.59 Å². The lowest BCUT2D eigenvalue weighted by Crippen LogP contribution is -2.55. The van der Waals surface area contributed by atoms with Gasteiger partial charge in [0.15, 0.2) is 0 Å². The molecule has 8 heteroatoms. The Bertz CT molecular complexity index is 1310. The molecule has 1 spiro atoms. The molecule has 3 aromatic heterocycles. The van der Waals surface area contributed by atoms with Crippen molar-refractivity contribution in [3.63, 3.8) is 0 Å². The summed E-state index contributed by atoms with van der Waals surface area (Å²) in [5.41, 5.74) is 1.92. The first kappa shape index (κ1) is 17.7. The number of aromatic amines is 1. The van der Waals surface area contributed by atoms with Gasteiger partial charge >= 0.3 is 0 Å². The molecule has 1 amide bonds. The minimum Gasteiger partial charge on any atom is -0.349 e. The van der Waals surface area contributed by atoms with E-state index in [1.165, 1.54) is 11.3 Å². The van der Waals surface area contributed by atoms with Crippen LogP contribution in [-0.2, 0) is 0 Å². The molecule has 30 heavy (non-hydrogen) atoms. The van der Waals surface area contributed by atoms with Crippen LogP contribution in [0.25, 0.3) is 21.1 Å². The Morgan fingerprint density at radius 2 is 1.87 bits per heavy atom. The predicted octanol–water partition coefficient (Wildman–Crippen LogP) is 3.38. The summed E-state index contributed by atoms with van der Waals surface area (Å²) in [6, 6.07) is 9.69. The van der Waals surface area contributed by atoms with Gasteiger partial charge in [0.25, 0.3) is 11.5 Å². The van der Waals surface area contributed by atoms with Crippen molar-refractivity contribution in [2.24, 2.45) is 5.41 Å². The molecule has 6 rings (SSSR count). The third-order valence-corrected chi connectivity index (χ3v) is 7.59. The lowest BCUT2D eigenvalue weighted by atomic mass is 9.49. The lowest BCUT2D eigenvalue weighted by Gasteiger charge is -2.57. The van der Waals surface area contributed by atoms with E-state index in [4.69, 9.17) is 0 Å².